The maximum Gasteiger partial charge on any atom is 0.227 e. The Morgan fingerprint density at radius 1 is 1.33 bits per heavy atom. The summed E-state index contributed by atoms with van der Waals surface area (Å²) < 4.78 is 0.627. The van der Waals surface area contributed by atoms with E-state index in [1.54, 1.807) is 12.1 Å². The molecule has 0 aromatic heterocycles. The number of aromatic carboxylic acids is 1. The largest absolute Gasteiger partial charge is 0.545 e. The smallest absolute Gasteiger partial charge is 0.227 e. The number of nitrogens with one attached hydrogen (secondary N) is 1. The molecule has 0 spiro atoms. The lowest BCUT2D eigenvalue weighted by Crippen LogP contribution is -2.27. The average molecular weight is 313 g/mol. The van der Waals surface area contributed by atoms with E-state index < -0.39 is 5.97 Å². The van der Waals surface area contributed by atoms with Crippen LogP contribution in [0, 0.1) is 5.92 Å². The van der Waals surface area contributed by atoms with Crippen molar-refractivity contribution in [1.29, 1.82) is 0 Å². The fourth-order valence-electron chi connectivity index (χ4n) is 1.69. The fourth-order valence-corrected chi connectivity index (χ4v) is 2.05. The van der Waals surface area contributed by atoms with E-state index in [1.807, 2.05) is 13.8 Å². The highest BCUT2D eigenvalue weighted by atomic mass is 79.9. The molecule has 1 rings (SSSR count). The summed E-state index contributed by atoms with van der Waals surface area (Å²) in [5.41, 5.74) is 0.249. The molecule has 4 nitrogen and oxygen atoms in total. The lowest BCUT2D eigenvalue weighted by molar-refractivity contribution is -0.254. The Hall–Kier alpha value is -1.36. The Labute approximate surface area is 115 Å². The van der Waals surface area contributed by atoms with Crippen molar-refractivity contribution in [2.45, 2.75) is 26.7 Å². The van der Waals surface area contributed by atoms with Gasteiger partial charge in [-0.3, -0.25) is 4.79 Å². The molecule has 0 saturated heterocycles. The minimum Gasteiger partial charge on any atom is -0.545 e. The SMILES string of the molecule is CCC(CC)C(=O)Nc1ccc(Br)cc1C(=O)[O-]. The van der Waals surface area contributed by atoms with Crippen molar-refractivity contribution in [3.63, 3.8) is 0 Å². The van der Waals surface area contributed by atoms with Gasteiger partial charge in [0.25, 0.3) is 0 Å². The molecule has 18 heavy (non-hydrogen) atoms. The second-order valence-corrected chi connectivity index (χ2v) is 4.90. The monoisotopic (exact) mass is 312 g/mol. The summed E-state index contributed by atoms with van der Waals surface area (Å²) in [5, 5.41) is 13.6. The number of benzene rings is 1. The molecular formula is C13H15BrNO3-. The van der Waals surface area contributed by atoms with Crippen LogP contribution in [0.15, 0.2) is 22.7 Å². The van der Waals surface area contributed by atoms with Crippen LogP contribution in [0.1, 0.15) is 37.0 Å². The van der Waals surface area contributed by atoms with Gasteiger partial charge in [0.15, 0.2) is 0 Å². The molecule has 0 radical (unpaired) electrons. The first-order valence-corrected chi connectivity index (χ1v) is 6.60. The molecule has 1 aromatic carbocycles. The van der Waals surface area contributed by atoms with Crippen molar-refractivity contribution in [2.75, 3.05) is 5.32 Å². The molecule has 98 valence electrons. The van der Waals surface area contributed by atoms with Gasteiger partial charge < -0.3 is 15.2 Å². The van der Waals surface area contributed by atoms with E-state index in [9.17, 15) is 14.7 Å². The van der Waals surface area contributed by atoms with E-state index in [1.165, 1.54) is 6.07 Å². The van der Waals surface area contributed by atoms with Gasteiger partial charge in [-0.15, -0.1) is 0 Å². The highest BCUT2D eigenvalue weighted by Crippen LogP contribution is 2.22. The molecule has 0 saturated carbocycles. The van der Waals surface area contributed by atoms with Crippen molar-refractivity contribution in [3.8, 4) is 0 Å². The number of rotatable bonds is 5. The van der Waals surface area contributed by atoms with Crippen LogP contribution >= 0.6 is 15.9 Å². The standard InChI is InChI=1S/C13H16BrNO3/c1-3-8(4-2)12(16)15-11-6-5-9(14)7-10(11)13(17)18/h5-8H,3-4H2,1-2H3,(H,15,16)(H,17,18)/p-1. The third kappa shape index (κ3) is 3.57. The van der Waals surface area contributed by atoms with Gasteiger partial charge in [0.1, 0.15) is 0 Å². The summed E-state index contributed by atoms with van der Waals surface area (Å²) in [5.74, 6) is -1.58. The van der Waals surface area contributed by atoms with Gasteiger partial charge in [-0.25, -0.2) is 0 Å². The number of anilines is 1. The Bertz CT molecular complexity index is 456. The van der Waals surface area contributed by atoms with Crippen LogP contribution in [0.3, 0.4) is 0 Å². The van der Waals surface area contributed by atoms with E-state index in [0.717, 1.165) is 12.8 Å². The van der Waals surface area contributed by atoms with Gasteiger partial charge in [-0.1, -0.05) is 29.8 Å². The van der Waals surface area contributed by atoms with Crippen molar-refractivity contribution < 1.29 is 14.7 Å². The Morgan fingerprint density at radius 2 is 1.94 bits per heavy atom. The van der Waals surface area contributed by atoms with Crippen LogP contribution in [0.5, 0.6) is 0 Å². The number of amides is 1. The number of hydrogen-bond donors (Lipinski definition) is 1. The molecule has 0 atom stereocenters. The van der Waals surface area contributed by atoms with Gasteiger partial charge >= 0.3 is 0 Å². The van der Waals surface area contributed by atoms with Gasteiger partial charge in [-0.2, -0.15) is 0 Å². The van der Waals surface area contributed by atoms with Crippen molar-refractivity contribution in [2.24, 2.45) is 5.92 Å². The highest BCUT2D eigenvalue weighted by molar-refractivity contribution is 9.10. The average Bonchev–Trinajstić information content (AvgIpc) is 2.32. The molecular weight excluding hydrogens is 298 g/mol. The Balaban J connectivity index is 2.97. The van der Waals surface area contributed by atoms with E-state index in [0.29, 0.717) is 4.47 Å². The van der Waals surface area contributed by atoms with Crippen LogP contribution in [0.2, 0.25) is 0 Å². The zero-order valence-electron chi connectivity index (χ0n) is 10.3. The first-order valence-electron chi connectivity index (χ1n) is 5.81. The molecule has 1 amide bonds. The minimum atomic E-state index is -1.31. The summed E-state index contributed by atoms with van der Waals surface area (Å²) in [6, 6.07) is 4.64. The van der Waals surface area contributed by atoms with Crippen molar-refractivity contribution >= 4 is 33.5 Å². The zero-order chi connectivity index (χ0) is 13.7. The number of hydrogen-bond acceptors (Lipinski definition) is 3. The van der Waals surface area contributed by atoms with Crippen LogP contribution in [-0.4, -0.2) is 11.9 Å². The number of halogens is 1. The number of carbonyl (C=O) groups excluding carboxylic acids is 2. The Morgan fingerprint density at radius 3 is 2.44 bits per heavy atom. The normalized spacial score (nSPS) is 10.4. The predicted octanol–water partition coefficient (Wildman–Crippen LogP) is 2.19. The zero-order valence-corrected chi connectivity index (χ0v) is 11.9. The summed E-state index contributed by atoms with van der Waals surface area (Å²) in [6.07, 6.45) is 1.44. The second kappa shape index (κ2) is 6.54. The first-order chi connectivity index (χ1) is 8.49. The molecule has 0 aliphatic rings. The Kier molecular flexibility index (Phi) is 5.34. The van der Waals surface area contributed by atoms with Crippen molar-refractivity contribution in [1.82, 2.24) is 0 Å². The van der Waals surface area contributed by atoms with E-state index in [4.69, 9.17) is 0 Å². The number of carboxylic acids is 1. The van der Waals surface area contributed by atoms with Crippen LogP contribution in [0.4, 0.5) is 5.69 Å². The van der Waals surface area contributed by atoms with Crippen molar-refractivity contribution in [3.05, 3.63) is 28.2 Å². The van der Waals surface area contributed by atoms with E-state index in [2.05, 4.69) is 21.2 Å². The summed E-state index contributed by atoms with van der Waals surface area (Å²) in [6.45, 7) is 3.85. The molecule has 1 N–H and O–H groups in total. The van der Waals surface area contributed by atoms with Gasteiger partial charge in [0.05, 0.1) is 5.97 Å². The molecule has 0 unspecified atom stereocenters. The molecule has 0 fully saturated rings. The predicted molar refractivity (Wildman–Crippen MR) is 71.2 cm³/mol. The topological polar surface area (TPSA) is 69.2 Å². The molecule has 1 aromatic rings. The summed E-state index contributed by atoms with van der Waals surface area (Å²) in [4.78, 5) is 22.9. The molecule has 0 aliphatic heterocycles. The molecule has 0 bridgehead atoms. The molecule has 0 heterocycles. The minimum absolute atomic E-state index is 0.0244. The van der Waals surface area contributed by atoms with Gasteiger partial charge in [0.2, 0.25) is 5.91 Å². The third-order valence-corrected chi connectivity index (χ3v) is 3.31. The fraction of sp³-hybridized carbons (Fsp3) is 0.385. The van der Waals surface area contributed by atoms with E-state index in [-0.39, 0.29) is 23.1 Å². The molecule has 0 aliphatic carbocycles. The van der Waals surface area contributed by atoms with Crippen LogP contribution in [0.25, 0.3) is 0 Å². The quantitative estimate of drug-likeness (QED) is 0.906. The molecule has 5 heteroatoms. The lowest BCUT2D eigenvalue weighted by Gasteiger charge is -2.16. The maximum absolute atomic E-state index is 11.9. The highest BCUT2D eigenvalue weighted by Gasteiger charge is 2.15. The van der Waals surface area contributed by atoms with Crippen LogP contribution in [-0.2, 0) is 4.79 Å². The summed E-state index contributed by atoms with van der Waals surface area (Å²) in [7, 11) is 0. The van der Waals surface area contributed by atoms with Gasteiger partial charge in [0, 0.05) is 21.6 Å². The van der Waals surface area contributed by atoms with Crippen LogP contribution < -0.4 is 10.4 Å². The number of carbonyl (C=O) groups is 2. The summed E-state index contributed by atoms with van der Waals surface area (Å²) >= 11 is 3.18. The second-order valence-electron chi connectivity index (χ2n) is 3.98. The van der Waals surface area contributed by atoms with Gasteiger partial charge in [-0.05, 0) is 31.0 Å². The first kappa shape index (κ1) is 14.7. The van der Waals surface area contributed by atoms with E-state index >= 15 is 0 Å². The maximum atomic E-state index is 11.9. The lowest BCUT2D eigenvalue weighted by atomic mass is 10.0. The third-order valence-electron chi connectivity index (χ3n) is 2.82. The number of carboxylic acid groups (broad SMARTS) is 1.